The van der Waals surface area contributed by atoms with Gasteiger partial charge >= 0.3 is 6.09 Å². The molecule has 0 unspecified atom stereocenters. The van der Waals surface area contributed by atoms with E-state index in [4.69, 9.17) is 9.47 Å². The number of ketones is 1. The predicted octanol–water partition coefficient (Wildman–Crippen LogP) is 5.12. The van der Waals surface area contributed by atoms with Gasteiger partial charge in [0.2, 0.25) is 0 Å². The molecule has 0 saturated heterocycles. The van der Waals surface area contributed by atoms with Crippen LogP contribution in [0, 0.1) is 0 Å². The summed E-state index contributed by atoms with van der Waals surface area (Å²) in [7, 11) is 0. The van der Waals surface area contributed by atoms with Gasteiger partial charge in [-0.1, -0.05) is 13.3 Å². The minimum atomic E-state index is -0.814. The van der Waals surface area contributed by atoms with Gasteiger partial charge in [0, 0.05) is 19.4 Å². The van der Waals surface area contributed by atoms with Crippen molar-refractivity contribution in [2.75, 3.05) is 13.2 Å². The Hall–Kier alpha value is -1.92. The number of ether oxygens (including phenoxy) is 2. The summed E-state index contributed by atoms with van der Waals surface area (Å²) in [5, 5.41) is 2.64. The van der Waals surface area contributed by atoms with Gasteiger partial charge in [-0.3, -0.25) is 4.79 Å². The number of hydrogen-bond donors (Lipinski definition) is 1. The lowest BCUT2D eigenvalue weighted by Gasteiger charge is -2.19. The van der Waals surface area contributed by atoms with E-state index >= 15 is 0 Å². The van der Waals surface area contributed by atoms with Crippen LogP contribution in [0.15, 0.2) is 23.5 Å². The van der Waals surface area contributed by atoms with Gasteiger partial charge in [-0.2, -0.15) is 0 Å². The van der Waals surface area contributed by atoms with Gasteiger partial charge in [0.25, 0.3) is 0 Å². The van der Waals surface area contributed by atoms with Crippen LogP contribution in [0.1, 0.15) is 66.7 Å². The number of halogens is 2. The number of amides is 1. The first kappa shape index (κ1) is 24.1. The lowest BCUT2D eigenvalue weighted by Crippen LogP contribution is -2.32. The smallest absolute Gasteiger partial charge is 0.407 e. The molecule has 0 aromatic carbocycles. The lowest BCUT2D eigenvalue weighted by molar-refractivity contribution is -0.122. The maximum atomic E-state index is 13.6. The van der Waals surface area contributed by atoms with Crippen molar-refractivity contribution in [2.24, 2.45) is 0 Å². The molecule has 0 heterocycles. The number of rotatable bonds is 11. The minimum absolute atomic E-state index is 0.00453. The Morgan fingerprint density at radius 2 is 1.77 bits per heavy atom. The molecule has 0 aromatic rings. The molecule has 0 fully saturated rings. The molecule has 0 spiro atoms. The highest BCUT2D eigenvalue weighted by atomic mass is 19.1. The molecule has 0 aromatic heterocycles. The van der Waals surface area contributed by atoms with Gasteiger partial charge in [-0.25, -0.2) is 13.6 Å². The summed E-state index contributed by atoms with van der Waals surface area (Å²) in [5.74, 6) is -2.26. The third-order valence-corrected chi connectivity index (χ3v) is 3.21. The number of nitrogens with one attached hydrogen (secondary N) is 1. The number of Topliss-reactive ketones (excluding diaryl/α,β-unsaturated/α-hetero) is 1. The van der Waals surface area contributed by atoms with Crippen LogP contribution in [0.2, 0.25) is 0 Å². The summed E-state index contributed by atoms with van der Waals surface area (Å²) in [5.41, 5.74) is -0.534. The maximum absolute atomic E-state index is 13.6. The normalized spacial score (nSPS) is 13.1. The van der Waals surface area contributed by atoms with Crippen LogP contribution < -0.4 is 5.32 Å². The fraction of sp³-hybridized carbons (Fsp3) is 0.684. The van der Waals surface area contributed by atoms with E-state index in [2.05, 4.69) is 5.32 Å². The summed E-state index contributed by atoms with van der Waals surface area (Å²) >= 11 is 0. The van der Waals surface area contributed by atoms with Crippen LogP contribution in [-0.4, -0.2) is 30.6 Å². The van der Waals surface area contributed by atoms with E-state index in [-0.39, 0.29) is 25.2 Å². The van der Waals surface area contributed by atoms with Crippen molar-refractivity contribution in [1.82, 2.24) is 5.32 Å². The van der Waals surface area contributed by atoms with Gasteiger partial charge in [-0.05, 0) is 46.6 Å². The Kier molecular flexibility index (Phi) is 11.5. The predicted molar refractivity (Wildman–Crippen MR) is 97.0 cm³/mol. The highest BCUT2D eigenvalue weighted by molar-refractivity contribution is 5.79. The number of carbonyl (C=O) groups excluding carboxylic acids is 2. The molecule has 7 heteroatoms. The van der Waals surface area contributed by atoms with E-state index in [1.165, 1.54) is 13.8 Å². The maximum Gasteiger partial charge on any atom is 0.407 e. The van der Waals surface area contributed by atoms with Crippen molar-refractivity contribution in [3.05, 3.63) is 23.5 Å². The molecule has 150 valence electrons. The third kappa shape index (κ3) is 11.6. The molecule has 1 amide bonds. The van der Waals surface area contributed by atoms with E-state index in [9.17, 15) is 18.4 Å². The van der Waals surface area contributed by atoms with Crippen molar-refractivity contribution in [1.29, 1.82) is 0 Å². The van der Waals surface area contributed by atoms with Crippen molar-refractivity contribution >= 4 is 11.9 Å². The standard InChI is InChI=1S/C19H31F2NO4/c1-6-15(20)17(16(21)7-2)25-13-14(23)11-9-8-10-12-22-18(24)26-19(3,4)5/h6H,7-13H2,1-5H3,(H,22,24)/b15-6+,17-16-. The largest absolute Gasteiger partial charge is 0.480 e. The summed E-state index contributed by atoms with van der Waals surface area (Å²) in [6.45, 7) is 8.42. The SMILES string of the molecule is C/C=C(F)\C(OCC(=O)CCCCCNC(=O)OC(C)(C)C)=C(\F)CC. The van der Waals surface area contributed by atoms with Crippen LogP contribution in [-0.2, 0) is 14.3 Å². The van der Waals surface area contributed by atoms with E-state index in [0.29, 0.717) is 19.4 Å². The number of allylic oxidation sites excluding steroid dienone is 3. The minimum Gasteiger partial charge on any atom is -0.480 e. The molecule has 0 aliphatic heterocycles. The first-order chi connectivity index (χ1) is 12.1. The van der Waals surface area contributed by atoms with E-state index in [0.717, 1.165) is 12.5 Å². The van der Waals surface area contributed by atoms with Crippen molar-refractivity contribution in [3.8, 4) is 0 Å². The Labute approximate surface area is 154 Å². The Morgan fingerprint density at radius 1 is 1.12 bits per heavy atom. The molecule has 0 bridgehead atoms. The summed E-state index contributed by atoms with van der Waals surface area (Å²) in [6.07, 6.45) is 2.92. The molecule has 0 atom stereocenters. The zero-order chi connectivity index (χ0) is 20.2. The van der Waals surface area contributed by atoms with E-state index < -0.39 is 29.1 Å². The Bertz CT molecular complexity index is 522. The van der Waals surface area contributed by atoms with E-state index in [1.54, 1.807) is 20.8 Å². The number of carbonyl (C=O) groups is 2. The fourth-order valence-electron chi connectivity index (χ4n) is 1.92. The van der Waals surface area contributed by atoms with Gasteiger partial charge < -0.3 is 14.8 Å². The fourth-order valence-corrected chi connectivity index (χ4v) is 1.92. The van der Waals surface area contributed by atoms with Crippen LogP contribution in [0.25, 0.3) is 0 Å². The summed E-state index contributed by atoms with van der Waals surface area (Å²) in [6, 6.07) is 0. The molecule has 0 aliphatic carbocycles. The zero-order valence-electron chi connectivity index (χ0n) is 16.4. The number of alkyl carbamates (subject to hydrolysis) is 1. The summed E-state index contributed by atoms with van der Waals surface area (Å²) < 4.78 is 37.2. The van der Waals surface area contributed by atoms with Crippen molar-refractivity contribution in [2.45, 2.75) is 72.3 Å². The topological polar surface area (TPSA) is 64.6 Å². The summed E-state index contributed by atoms with van der Waals surface area (Å²) in [4.78, 5) is 23.2. The molecule has 1 N–H and O–H groups in total. The number of unbranched alkanes of at least 4 members (excludes halogenated alkanes) is 2. The molecule has 5 nitrogen and oxygen atoms in total. The van der Waals surface area contributed by atoms with Crippen molar-refractivity contribution < 1.29 is 27.8 Å². The first-order valence-electron chi connectivity index (χ1n) is 8.92. The van der Waals surface area contributed by atoms with Crippen molar-refractivity contribution in [3.63, 3.8) is 0 Å². The highest BCUT2D eigenvalue weighted by Crippen LogP contribution is 2.21. The third-order valence-electron chi connectivity index (χ3n) is 3.21. The zero-order valence-corrected chi connectivity index (χ0v) is 16.4. The van der Waals surface area contributed by atoms with Crippen LogP contribution >= 0.6 is 0 Å². The first-order valence-corrected chi connectivity index (χ1v) is 8.92. The molecular formula is C19H31F2NO4. The van der Waals surface area contributed by atoms with Gasteiger partial charge in [0.1, 0.15) is 18.0 Å². The molecule has 26 heavy (non-hydrogen) atoms. The van der Waals surface area contributed by atoms with Crippen LogP contribution in [0.3, 0.4) is 0 Å². The molecule has 0 rings (SSSR count). The highest BCUT2D eigenvalue weighted by Gasteiger charge is 2.16. The second-order valence-corrected chi connectivity index (χ2v) is 6.79. The quantitative estimate of drug-likeness (QED) is 0.309. The monoisotopic (exact) mass is 375 g/mol. The molecule has 0 aliphatic rings. The average molecular weight is 375 g/mol. The van der Waals surface area contributed by atoms with Gasteiger partial charge in [0.05, 0.1) is 0 Å². The number of hydrogen-bond acceptors (Lipinski definition) is 4. The molecule has 0 saturated carbocycles. The molecular weight excluding hydrogens is 344 g/mol. The molecule has 0 radical (unpaired) electrons. The van der Waals surface area contributed by atoms with Gasteiger partial charge in [0.15, 0.2) is 17.4 Å². The van der Waals surface area contributed by atoms with E-state index in [1.807, 2.05) is 0 Å². The second-order valence-electron chi connectivity index (χ2n) is 6.79. The Morgan fingerprint density at radius 3 is 2.31 bits per heavy atom. The van der Waals surface area contributed by atoms with Crippen LogP contribution in [0.4, 0.5) is 13.6 Å². The Balaban J connectivity index is 3.99. The average Bonchev–Trinajstić information content (AvgIpc) is 2.55. The van der Waals surface area contributed by atoms with Gasteiger partial charge in [-0.15, -0.1) is 0 Å². The van der Waals surface area contributed by atoms with Crippen LogP contribution in [0.5, 0.6) is 0 Å². The lowest BCUT2D eigenvalue weighted by atomic mass is 10.1. The second kappa shape index (κ2) is 12.4.